The first-order chi connectivity index (χ1) is 12.7. The first kappa shape index (κ1) is 16.9. The van der Waals surface area contributed by atoms with Crippen molar-refractivity contribution in [1.29, 1.82) is 0 Å². The maximum absolute atomic E-state index is 12.5. The average Bonchev–Trinajstić information content (AvgIpc) is 3.23. The fourth-order valence-corrected chi connectivity index (χ4v) is 3.71. The van der Waals surface area contributed by atoms with Crippen molar-refractivity contribution < 1.29 is 4.79 Å². The van der Waals surface area contributed by atoms with Crippen molar-refractivity contribution >= 4 is 11.6 Å². The number of hydrogen-bond donors (Lipinski definition) is 1. The number of piperazine rings is 1. The van der Waals surface area contributed by atoms with E-state index in [1.54, 1.807) is 12.4 Å². The molecular weight excluding hydrogens is 328 g/mol. The van der Waals surface area contributed by atoms with Gasteiger partial charge in [-0.2, -0.15) is 0 Å². The maximum atomic E-state index is 12.5. The van der Waals surface area contributed by atoms with Crippen LogP contribution in [0.2, 0.25) is 0 Å². The van der Waals surface area contributed by atoms with E-state index < -0.39 is 0 Å². The molecule has 2 fully saturated rings. The summed E-state index contributed by atoms with van der Waals surface area (Å²) in [6.07, 6.45) is 5.82. The molecule has 2 saturated heterocycles. The fourth-order valence-electron chi connectivity index (χ4n) is 3.71. The molecule has 1 N–H and O–H groups in total. The highest BCUT2D eigenvalue weighted by Crippen LogP contribution is 2.26. The average molecular weight is 352 g/mol. The molecule has 1 atom stereocenters. The summed E-state index contributed by atoms with van der Waals surface area (Å²) < 4.78 is 0. The first-order valence-electron chi connectivity index (χ1n) is 9.20. The summed E-state index contributed by atoms with van der Waals surface area (Å²) in [6.45, 7) is 7.15. The van der Waals surface area contributed by atoms with Crippen LogP contribution in [0.25, 0.3) is 0 Å². The summed E-state index contributed by atoms with van der Waals surface area (Å²) in [5.41, 5.74) is 3.87. The molecule has 4 rings (SSSR count). The van der Waals surface area contributed by atoms with Crippen LogP contribution in [-0.2, 0) is 0 Å². The molecule has 0 aromatic carbocycles. The number of nitrogens with one attached hydrogen (secondary N) is 1. The normalized spacial score (nSPS) is 20.4. The number of aromatic nitrogens is 3. The van der Waals surface area contributed by atoms with Crippen LogP contribution in [0.3, 0.4) is 0 Å². The van der Waals surface area contributed by atoms with Crippen LogP contribution in [0.4, 0.5) is 5.69 Å². The third-order valence-corrected chi connectivity index (χ3v) is 5.15. The van der Waals surface area contributed by atoms with Crippen LogP contribution in [0.1, 0.15) is 34.2 Å². The molecule has 136 valence electrons. The summed E-state index contributed by atoms with van der Waals surface area (Å²) in [7, 11) is 0. The maximum Gasteiger partial charge on any atom is 0.274 e. The van der Waals surface area contributed by atoms with Crippen molar-refractivity contribution in [1.82, 2.24) is 25.2 Å². The highest BCUT2D eigenvalue weighted by Gasteiger charge is 2.25. The van der Waals surface area contributed by atoms with Crippen LogP contribution in [0, 0.1) is 6.92 Å². The molecule has 0 radical (unpaired) electrons. The van der Waals surface area contributed by atoms with Gasteiger partial charge < -0.3 is 15.1 Å². The number of hydrogen-bond acceptors (Lipinski definition) is 6. The summed E-state index contributed by atoms with van der Waals surface area (Å²) in [5, 5.41) is 3.41. The molecule has 4 heterocycles. The molecular formula is C19H24N6O. The lowest BCUT2D eigenvalue weighted by atomic mass is 10.0. The van der Waals surface area contributed by atoms with Crippen LogP contribution in [0.15, 0.2) is 30.7 Å². The molecule has 0 spiro atoms. The van der Waals surface area contributed by atoms with E-state index in [2.05, 4.69) is 39.2 Å². The minimum absolute atomic E-state index is 0.0404. The Labute approximate surface area is 153 Å². The number of carbonyl (C=O) groups is 1. The smallest absolute Gasteiger partial charge is 0.274 e. The standard InChI is InChI=1S/C19H24N6O/c1-14-10-16(11-17(23-14)15-2-3-20-12-15)24-6-8-25(9-7-24)19(26)18-13-21-4-5-22-18/h4-5,10-11,13,15,20H,2-3,6-9,12H2,1H3/t15-/m1/s1. The minimum atomic E-state index is -0.0404. The zero-order valence-electron chi connectivity index (χ0n) is 15.1. The van der Waals surface area contributed by atoms with E-state index in [9.17, 15) is 4.79 Å². The number of pyridine rings is 1. The second-order valence-electron chi connectivity index (χ2n) is 6.95. The zero-order chi connectivity index (χ0) is 17.9. The van der Waals surface area contributed by atoms with Crippen LogP contribution < -0.4 is 10.2 Å². The Morgan fingerprint density at radius 3 is 2.73 bits per heavy atom. The van der Waals surface area contributed by atoms with Gasteiger partial charge in [0.15, 0.2) is 0 Å². The Morgan fingerprint density at radius 2 is 2.04 bits per heavy atom. The number of anilines is 1. The molecule has 0 saturated carbocycles. The van der Waals surface area contributed by atoms with E-state index in [4.69, 9.17) is 4.98 Å². The van der Waals surface area contributed by atoms with E-state index in [-0.39, 0.29) is 5.91 Å². The van der Waals surface area contributed by atoms with Gasteiger partial charge in [0.1, 0.15) is 5.69 Å². The van der Waals surface area contributed by atoms with Gasteiger partial charge >= 0.3 is 0 Å². The van der Waals surface area contributed by atoms with E-state index in [1.807, 2.05) is 4.90 Å². The molecule has 7 nitrogen and oxygen atoms in total. The monoisotopic (exact) mass is 352 g/mol. The predicted molar refractivity (Wildman–Crippen MR) is 99.4 cm³/mol. The Balaban J connectivity index is 1.44. The molecule has 7 heteroatoms. The van der Waals surface area contributed by atoms with Crippen molar-refractivity contribution in [3.63, 3.8) is 0 Å². The molecule has 0 aliphatic carbocycles. The lowest BCUT2D eigenvalue weighted by Gasteiger charge is -2.36. The molecule has 26 heavy (non-hydrogen) atoms. The van der Waals surface area contributed by atoms with Gasteiger partial charge in [0, 0.05) is 68.1 Å². The number of carbonyl (C=O) groups excluding carboxylic acids is 1. The Hall–Kier alpha value is -2.54. The number of amides is 1. The Bertz CT molecular complexity index is 767. The molecule has 0 unspecified atom stereocenters. The van der Waals surface area contributed by atoms with Gasteiger partial charge in [0.05, 0.1) is 6.20 Å². The Kier molecular flexibility index (Phi) is 4.79. The van der Waals surface area contributed by atoms with Crippen molar-refractivity contribution in [2.75, 3.05) is 44.2 Å². The largest absolute Gasteiger partial charge is 0.368 e. The van der Waals surface area contributed by atoms with Gasteiger partial charge in [0.2, 0.25) is 0 Å². The number of aryl methyl sites for hydroxylation is 1. The summed E-state index contributed by atoms with van der Waals surface area (Å²) in [5.74, 6) is 0.467. The highest BCUT2D eigenvalue weighted by atomic mass is 16.2. The van der Waals surface area contributed by atoms with Gasteiger partial charge in [-0.1, -0.05) is 0 Å². The van der Waals surface area contributed by atoms with Crippen LogP contribution in [0.5, 0.6) is 0 Å². The van der Waals surface area contributed by atoms with Gasteiger partial charge in [-0.3, -0.25) is 14.8 Å². The van der Waals surface area contributed by atoms with Crippen molar-refractivity contribution in [2.45, 2.75) is 19.3 Å². The van der Waals surface area contributed by atoms with E-state index in [0.29, 0.717) is 24.7 Å². The summed E-state index contributed by atoms with van der Waals surface area (Å²) in [4.78, 5) is 29.6. The third-order valence-electron chi connectivity index (χ3n) is 5.15. The lowest BCUT2D eigenvalue weighted by Crippen LogP contribution is -2.49. The second-order valence-corrected chi connectivity index (χ2v) is 6.95. The SMILES string of the molecule is Cc1cc(N2CCN(C(=O)c3cnccn3)CC2)cc([C@@H]2CCNC2)n1. The molecule has 0 bridgehead atoms. The molecule has 2 aliphatic heterocycles. The van der Waals surface area contributed by atoms with Gasteiger partial charge in [-0.15, -0.1) is 0 Å². The summed E-state index contributed by atoms with van der Waals surface area (Å²) >= 11 is 0. The van der Waals surface area contributed by atoms with Gasteiger partial charge in [-0.05, 0) is 32.0 Å². The quantitative estimate of drug-likeness (QED) is 0.895. The van der Waals surface area contributed by atoms with E-state index in [0.717, 1.165) is 38.3 Å². The van der Waals surface area contributed by atoms with Gasteiger partial charge in [0.25, 0.3) is 5.91 Å². The predicted octanol–water partition coefficient (Wildman–Crippen LogP) is 1.22. The third kappa shape index (κ3) is 3.53. The first-order valence-corrected chi connectivity index (χ1v) is 9.20. The van der Waals surface area contributed by atoms with Crippen LogP contribution in [-0.4, -0.2) is 65.0 Å². The van der Waals surface area contributed by atoms with E-state index >= 15 is 0 Å². The minimum Gasteiger partial charge on any atom is -0.368 e. The van der Waals surface area contributed by atoms with Crippen LogP contribution >= 0.6 is 0 Å². The van der Waals surface area contributed by atoms with Crippen molar-refractivity contribution in [2.24, 2.45) is 0 Å². The number of nitrogens with zero attached hydrogens (tertiary/aromatic N) is 5. The molecule has 2 aromatic rings. The summed E-state index contributed by atoms with van der Waals surface area (Å²) in [6, 6.07) is 4.37. The van der Waals surface area contributed by atoms with Crippen molar-refractivity contribution in [3.8, 4) is 0 Å². The molecule has 2 aromatic heterocycles. The van der Waals surface area contributed by atoms with Crippen molar-refractivity contribution in [3.05, 3.63) is 47.8 Å². The van der Waals surface area contributed by atoms with Gasteiger partial charge in [-0.25, -0.2) is 4.98 Å². The van der Waals surface area contributed by atoms with E-state index in [1.165, 1.54) is 17.6 Å². The fraction of sp³-hybridized carbons (Fsp3) is 0.474. The second kappa shape index (κ2) is 7.37. The Morgan fingerprint density at radius 1 is 1.19 bits per heavy atom. The highest BCUT2D eigenvalue weighted by molar-refractivity contribution is 5.92. The topological polar surface area (TPSA) is 74.2 Å². The molecule has 1 amide bonds. The lowest BCUT2D eigenvalue weighted by molar-refractivity contribution is 0.0740. The molecule has 2 aliphatic rings. The number of rotatable bonds is 3. The zero-order valence-corrected chi connectivity index (χ0v) is 15.1.